The Balaban J connectivity index is 1.66. The molecule has 0 radical (unpaired) electrons. The summed E-state index contributed by atoms with van der Waals surface area (Å²) in [5.74, 6) is 0.819. The molecule has 0 N–H and O–H groups in total. The van der Waals surface area contributed by atoms with E-state index in [1.165, 1.54) is 6.42 Å². The van der Waals surface area contributed by atoms with E-state index in [4.69, 9.17) is 4.74 Å². The maximum atomic E-state index is 13.6. The highest BCUT2D eigenvalue weighted by molar-refractivity contribution is 7.09. The van der Waals surface area contributed by atoms with E-state index in [0.717, 1.165) is 41.9 Å². The van der Waals surface area contributed by atoms with Crippen LogP contribution in [-0.4, -0.2) is 41.3 Å². The molecule has 1 atom stereocenters. The van der Waals surface area contributed by atoms with Crippen LogP contribution in [0.15, 0.2) is 41.8 Å². The normalized spacial score (nSPS) is 21.2. The van der Waals surface area contributed by atoms with E-state index in [0.29, 0.717) is 6.54 Å². The first-order valence-corrected chi connectivity index (χ1v) is 10.8. The minimum Gasteiger partial charge on any atom is -0.497 e. The molecule has 148 valence electrons. The van der Waals surface area contributed by atoms with E-state index in [-0.39, 0.29) is 24.4 Å². The number of hydrogen-bond acceptors (Lipinski definition) is 4. The molecule has 1 aromatic carbocycles. The van der Waals surface area contributed by atoms with Crippen LogP contribution in [0, 0.1) is 0 Å². The second-order valence-corrected chi connectivity index (χ2v) is 8.57. The van der Waals surface area contributed by atoms with Gasteiger partial charge in [0.25, 0.3) is 5.91 Å². The second-order valence-electron chi connectivity index (χ2n) is 7.53. The number of carbonyl (C=O) groups is 2. The van der Waals surface area contributed by atoms with Crippen LogP contribution >= 0.6 is 11.3 Å². The van der Waals surface area contributed by atoms with E-state index >= 15 is 0 Å². The number of amides is 2. The van der Waals surface area contributed by atoms with Crippen LogP contribution in [0.3, 0.4) is 0 Å². The van der Waals surface area contributed by atoms with Crippen LogP contribution in [0.4, 0.5) is 0 Å². The molecular weight excluding hydrogens is 372 g/mol. The first kappa shape index (κ1) is 19.0. The minimum atomic E-state index is -0.573. The summed E-state index contributed by atoms with van der Waals surface area (Å²) in [6.07, 6.45) is 5.49. The van der Waals surface area contributed by atoms with Crippen molar-refractivity contribution in [3.8, 4) is 5.75 Å². The van der Waals surface area contributed by atoms with Gasteiger partial charge in [0, 0.05) is 10.9 Å². The molecule has 0 spiro atoms. The molecule has 2 aromatic rings. The van der Waals surface area contributed by atoms with Crippen molar-refractivity contribution in [1.29, 1.82) is 0 Å². The molecule has 0 bridgehead atoms. The highest BCUT2D eigenvalue weighted by atomic mass is 32.1. The molecule has 1 aliphatic heterocycles. The van der Waals surface area contributed by atoms with Gasteiger partial charge in [-0.15, -0.1) is 11.3 Å². The van der Waals surface area contributed by atoms with Gasteiger partial charge in [-0.05, 0) is 42.0 Å². The monoisotopic (exact) mass is 398 g/mol. The van der Waals surface area contributed by atoms with Crippen molar-refractivity contribution in [3.05, 3.63) is 52.2 Å². The number of benzene rings is 1. The first-order chi connectivity index (χ1) is 13.7. The maximum absolute atomic E-state index is 13.6. The lowest BCUT2D eigenvalue weighted by Gasteiger charge is -2.44. The fourth-order valence-electron chi connectivity index (χ4n) is 4.31. The molecule has 1 unspecified atom stereocenters. The molecule has 1 saturated heterocycles. The zero-order chi connectivity index (χ0) is 19.5. The van der Waals surface area contributed by atoms with Crippen molar-refractivity contribution in [1.82, 2.24) is 9.80 Å². The Morgan fingerprint density at radius 1 is 1.07 bits per heavy atom. The Hall–Kier alpha value is -2.34. The molecule has 6 heteroatoms. The molecule has 1 aliphatic carbocycles. The summed E-state index contributed by atoms with van der Waals surface area (Å²) < 4.78 is 5.26. The van der Waals surface area contributed by atoms with Crippen molar-refractivity contribution in [2.24, 2.45) is 0 Å². The van der Waals surface area contributed by atoms with E-state index in [1.807, 2.05) is 46.7 Å². The van der Waals surface area contributed by atoms with E-state index in [2.05, 4.69) is 0 Å². The summed E-state index contributed by atoms with van der Waals surface area (Å²) in [5, 5.41) is 2.00. The number of nitrogens with zero attached hydrogens (tertiary/aromatic N) is 2. The fraction of sp³-hybridized carbons (Fsp3) is 0.455. The van der Waals surface area contributed by atoms with Crippen LogP contribution in [0.2, 0.25) is 0 Å². The molecule has 2 amide bonds. The van der Waals surface area contributed by atoms with Gasteiger partial charge in [0.05, 0.1) is 13.7 Å². The van der Waals surface area contributed by atoms with Gasteiger partial charge >= 0.3 is 0 Å². The molecule has 28 heavy (non-hydrogen) atoms. The van der Waals surface area contributed by atoms with Crippen LogP contribution in [0.5, 0.6) is 5.75 Å². The van der Waals surface area contributed by atoms with Gasteiger partial charge in [0.1, 0.15) is 18.3 Å². The standard InChI is InChI=1S/C22H26N2O3S/c1-27-18-11-9-16(10-12-18)21-22(26)23(17-6-3-2-4-7-17)15-20(25)24(21)14-19-8-5-13-28-19/h5,8-13,17,21H,2-4,6-7,14-15H2,1H3. The fourth-order valence-corrected chi connectivity index (χ4v) is 5.01. The molecule has 2 heterocycles. The topological polar surface area (TPSA) is 49.9 Å². The van der Waals surface area contributed by atoms with Crippen LogP contribution in [0.1, 0.15) is 48.6 Å². The Morgan fingerprint density at radius 3 is 2.46 bits per heavy atom. The zero-order valence-electron chi connectivity index (χ0n) is 16.2. The van der Waals surface area contributed by atoms with Gasteiger partial charge in [-0.25, -0.2) is 0 Å². The number of carbonyl (C=O) groups excluding carboxylic acids is 2. The number of piperazine rings is 1. The molecule has 4 rings (SSSR count). The Bertz CT molecular complexity index is 813. The number of rotatable bonds is 5. The molecule has 2 aliphatic rings. The number of thiophene rings is 1. The Kier molecular flexibility index (Phi) is 5.67. The molecule has 2 fully saturated rings. The van der Waals surface area contributed by atoms with E-state index in [1.54, 1.807) is 23.3 Å². The van der Waals surface area contributed by atoms with Crippen molar-refractivity contribution < 1.29 is 14.3 Å². The predicted molar refractivity (Wildman–Crippen MR) is 109 cm³/mol. The third-order valence-corrected chi connectivity index (χ3v) is 6.67. The molecule has 5 nitrogen and oxygen atoms in total. The highest BCUT2D eigenvalue weighted by Gasteiger charge is 2.43. The Morgan fingerprint density at radius 2 is 1.82 bits per heavy atom. The van der Waals surface area contributed by atoms with Gasteiger partial charge < -0.3 is 14.5 Å². The van der Waals surface area contributed by atoms with Crippen molar-refractivity contribution in [2.75, 3.05) is 13.7 Å². The van der Waals surface area contributed by atoms with Gasteiger partial charge in [-0.1, -0.05) is 37.5 Å². The lowest BCUT2D eigenvalue weighted by molar-refractivity contribution is -0.159. The largest absolute Gasteiger partial charge is 0.497 e. The second kappa shape index (κ2) is 8.35. The van der Waals surface area contributed by atoms with E-state index < -0.39 is 6.04 Å². The summed E-state index contributed by atoms with van der Waals surface area (Å²) in [6.45, 7) is 0.666. The number of methoxy groups -OCH3 is 1. The molecular formula is C22H26N2O3S. The highest BCUT2D eigenvalue weighted by Crippen LogP contribution is 2.34. The lowest BCUT2D eigenvalue weighted by atomic mass is 9.91. The Labute approximate surface area is 169 Å². The van der Waals surface area contributed by atoms with Gasteiger partial charge in [0.2, 0.25) is 5.91 Å². The quantitative estimate of drug-likeness (QED) is 0.765. The van der Waals surface area contributed by atoms with Gasteiger partial charge in [-0.2, -0.15) is 0 Å². The van der Waals surface area contributed by atoms with E-state index in [9.17, 15) is 9.59 Å². The lowest BCUT2D eigenvalue weighted by Crippen LogP contribution is -2.58. The molecule has 1 aromatic heterocycles. The zero-order valence-corrected chi connectivity index (χ0v) is 17.0. The van der Waals surface area contributed by atoms with Crippen molar-refractivity contribution in [3.63, 3.8) is 0 Å². The number of ether oxygens (including phenoxy) is 1. The smallest absolute Gasteiger partial charge is 0.250 e. The van der Waals surface area contributed by atoms with Crippen molar-refractivity contribution >= 4 is 23.2 Å². The van der Waals surface area contributed by atoms with Crippen LogP contribution in [0.25, 0.3) is 0 Å². The summed E-state index contributed by atoms with van der Waals surface area (Å²) in [4.78, 5) is 31.4. The minimum absolute atomic E-state index is 0.0272. The van der Waals surface area contributed by atoms with Crippen LogP contribution < -0.4 is 4.74 Å². The average Bonchev–Trinajstić information content (AvgIpc) is 3.25. The predicted octanol–water partition coefficient (Wildman–Crippen LogP) is 4.00. The summed E-state index contributed by atoms with van der Waals surface area (Å²) in [7, 11) is 1.62. The molecule has 1 saturated carbocycles. The average molecular weight is 399 g/mol. The summed E-state index contributed by atoms with van der Waals surface area (Å²) in [5.41, 5.74) is 0.844. The first-order valence-electron chi connectivity index (χ1n) is 9.93. The number of hydrogen-bond donors (Lipinski definition) is 0. The van der Waals surface area contributed by atoms with Crippen LogP contribution in [-0.2, 0) is 16.1 Å². The maximum Gasteiger partial charge on any atom is 0.250 e. The summed E-state index contributed by atoms with van der Waals surface area (Å²) >= 11 is 1.61. The third kappa shape index (κ3) is 3.78. The van der Waals surface area contributed by atoms with Gasteiger partial charge in [-0.3, -0.25) is 9.59 Å². The third-order valence-electron chi connectivity index (χ3n) is 5.81. The SMILES string of the molecule is COc1ccc(C2C(=O)N(C3CCCCC3)CC(=O)N2Cc2cccs2)cc1. The van der Waals surface area contributed by atoms with Crippen molar-refractivity contribution in [2.45, 2.75) is 50.7 Å². The summed E-state index contributed by atoms with van der Waals surface area (Å²) in [6, 6.07) is 11.1. The van der Waals surface area contributed by atoms with Gasteiger partial charge in [0.15, 0.2) is 0 Å².